The van der Waals surface area contributed by atoms with E-state index in [-0.39, 0.29) is 0 Å². The Labute approximate surface area is 81.2 Å². The third kappa shape index (κ3) is 8.89. The van der Waals surface area contributed by atoms with Gasteiger partial charge >= 0.3 is 0 Å². The predicted molar refractivity (Wildman–Crippen MR) is 57.6 cm³/mol. The highest BCUT2D eigenvalue weighted by atomic mass is 16.5. The summed E-state index contributed by atoms with van der Waals surface area (Å²) in [5.41, 5.74) is 0.998. The summed E-state index contributed by atoms with van der Waals surface area (Å²) < 4.78 is 5.34. The molecule has 0 saturated carbocycles. The fourth-order valence-corrected chi connectivity index (χ4v) is 0.643. The molecule has 74 valence electrons. The van der Waals surface area contributed by atoms with Crippen molar-refractivity contribution in [3.05, 3.63) is 36.6 Å². The molecule has 0 aromatic rings. The van der Waals surface area contributed by atoms with Crippen molar-refractivity contribution in [3.8, 4) is 0 Å². The molecule has 0 bridgehead atoms. The highest BCUT2D eigenvalue weighted by Gasteiger charge is 1.91. The molecule has 0 aromatic heterocycles. The van der Waals surface area contributed by atoms with Gasteiger partial charge in [0.25, 0.3) is 0 Å². The van der Waals surface area contributed by atoms with Crippen molar-refractivity contribution < 1.29 is 4.74 Å². The molecule has 0 amide bonds. The lowest BCUT2D eigenvalue weighted by molar-refractivity contribution is 0.194. The van der Waals surface area contributed by atoms with Gasteiger partial charge in [0.15, 0.2) is 0 Å². The monoisotopic (exact) mass is 181 g/mol. The molecule has 2 heteroatoms. The minimum absolute atomic E-state index is 0.673. The number of nitrogens with zero attached hydrogens (tertiary/aromatic N) is 1. The van der Waals surface area contributed by atoms with Gasteiger partial charge < -0.3 is 9.64 Å². The predicted octanol–water partition coefficient (Wildman–Crippen LogP) is 2.21. The zero-order valence-electron chi connectivity index (χ0n) is 8.84. The fraction of sp³-hybridized carbons (Fsp3) is 0.455. The molecular formula is C11H19NO. The molecule has 0 atom stereocenters. The van der Waals surface area contributed by atoms with E-state index in [0.29, 0.717) is 12.4 Å². The molecule has 0 rings (SSSR count). The van der Waals surface area contributed by atoms with E-state index in [1.807, 2.05) is 33.2 Å². The van der Waals surface area contributed by atoms with Crippen LogP contribution in [-0.4, -0.2) is 32.1 Å². The summed E-state index contributed by atoms with van der Waals surface area (Å²) in [7, 11) is 4.02. The molecular weight excluding hydrogens is 162 g/mol. The van der Waals surface area contributed by atoms with Crippen LogP contribution in [0.5, 0.6) is 0 Å². The Morgan fingerprint density at radius 2 is 1.92 bits per heavy atom. The number of ether oxygens (including phenoxy) is 1. The van der Waals surface area contributed by atoms with Crippen LogP contribution in [0.2, 0.25) is 0 Å². The summed E-state index contributed by atoms with van der Waals surface area (Å²) in [5.74, 6) is 0.685. The van der Waals surface area contributed by atoms with Crippen molar-refractivity contribution in [2.75, 3.05) is 27.2 Å². The van der Waals surface area contributed by atoms with Gasteiger partial charge in [-0.05, 0) is 27.1 Å². The van der Waals surface area contributed by atoms with Crippen LogP contribution >= 0.6 is 0 Å². The summed E-state index contributed by atoms with van der Waals surface area (Å²) in [5, 5.41) is 0. The Kier molecular flexibility index (Phi) is 5.98. The van der Waals surface area contributed by atoms with Crippen LogP contribution < -0.4 is 0 Å². The van der Waals surface area contributed by atoms with E-state index in [1.54, 1.807) is 0 Å². The Bertz CT molecular complexity index is 204. The van der Waals surface area contributed by atoms with E-state index in [1.165, 1.54) is 0 Å². The average Bonchev–Trinajstić information content (AvgIpc) is 2.00. The van der Waals surface area contributed by atoms with E-state index >= 15 is 0 Å². The summed E-state index contributed by atoms with van der Waals surface area (Å²) in [6.45, 7) is 11.0. The minimum atomic E-state index is 0.673. The third-order valence-corrected chi connectivity index (χ3v) is 1.38. The second kappa shape index (κ2) is 6.49. The normalized spacial score (nSPS) is 10.8. The van der Waals surface area contributed by atoms with Gasteiger partial charge in [0.05, 0.1) is 0 Å². The van der Waals surface area contributed by atoms with Crippen molar-refractivity contribution in [1.29, 1.82) is 0 Å². The number of rotatable bonds is 6. The Balaban J connectivity index is 3.58. The summed E-state index contributed by atoms with van der Waals surface area (Å²) in [6.07, 6.45) is 3.72. The SMILES string of the molecule is C=C(C)/C=C\C(=C)OCCN(C)C. The Morgan fingerprint density at radius 1 is 1.31 bits per heavy atom. The van der Waals surface area contributed by atoms with Crippen molar-refractivity contribution in [3.63, 3.8) is 0 Å². The van der Waals surface area contributed by atoms with Crippen LogP contribution in [0.15, 0.2) is 36.6 Å². The van der Waals surface area contributed by atoms with Gasteiger partial charge in [-0.2, -0.15) is 0 Å². The van der Waals surface area contributed by atoms with Crippen LogP contribution in [0.25, 0.3) is 0 Å². The molecule has 0 fully saturated rings. The van der Waals surface area contributed by atoms with Gasteiger partial charge in [0.1, 0.15) is 12.4 Å². The maximum atomic E-state index is 5.34. The van der Waals surface area contributed by atoms with Gasteiger partial charge in [-0.15, -0.1) is 0 Å². The smallest absolute Gasteiger partial charge is 0.112 e. The molecule has 0 spiro atoms. The van der Waals surface area contributed by atoms with Crippen LogP contribution in [0.3, 0.4) is 0 Å². The molecule has 0 aliphatic heterocycles. The van der Waals surface area contributed by atoms with E-state index in [0.717, 1.165) is 12.1 Å². The second-order valence-electron chi connectivity index (χ2n) is 3.30. The topological polar surface area (TPSA) is 12.5 Å². The van der Waals surface area contributed by atoms with Gasteiger partial charge in [0.2, 0.25) is 0 Å². The average molecular weight is 181 g/mol. The number of hydrogen-bond acceptors (Lipinski definition) is 2. The molecule has 0 heterocycles. The number of allylic oxidation sites excluding steroid dienone is 3. The first-order chi connectivity index (χ1) is 6.02. The van der Waals surface area contributed by atoms with Crippen LogP contribution in [-0.2, 0) is 4.74 Å². The van der Waals surface area contributed by atoms with Crippen LogP contribution in [0, 0.1) is 0 Å². The maximum Gasteiger partial charge on any atom is 0.112 e. The third-order valence-electron chi connectivity index (χ3n) is 1.38. The van der Waals surface area contributed by atoms with Gasteiger partial charge in [-0.3, -0.25) is 0 Å². The zero-order valence-corrected chi connectivity index (χ0v) is 8.84. The molecule has 0 unspecified atom stereocenters. The van der Waals surface area contributed by atoms with Crippen LogP contribution in [0.4, 0.5) is 0 Å². The molecule has 0 radical (unpaired) electrons. The van der Waals surface area contributed by atoms with E-state index in [9.17, 15) is 0 Å². The number of likely N-dealkylation sites (N-methyl/N-ethyl adjacent to an activating group) is 1. The Morgan fingerprint density at radius 3 is 2.38 bits per heavy atom. The van der Waals surface area contributed by atoms with Gasteiger partial charge in [-0.25, -0.2) is 0 Å². The molecule has 13 heavy (non-hydrogen) atoms. The quantitative estimate of drug-likeness (QED) is 0.460. The lowest BCUT2D eigenvalue weighted by atomic mass is 10.3. The number of hydrogen-bond donors (Lipinski definition) is 0. The molecule has 0 aliphatic rings. The van der Waals surface area contributed by atoms with Crippen molar-refractivity contribution >= 4 is 0 Å². The lowest BCUT2D eigenvalue weighted by Crippen LogP contribution is -2.17. The van der Waals surface area contributed by atoms with Crippen molar-refractivity contribution in [2.24, 2.45) is 0 Å². The standard InChI is InChI=1S/C11H19NO/c1-10(2)6-7-11(3)13-9-8-12(4)5/h6-7H,1,3,8-9H2,2,4-5H3/b7-6-. The minimum Gasteiger partial charge on any atom is -0.493 e. The van der Waals surface area contributed by atoms with Crippen molar-refractivity contribution in [2.45, 2.75) is 6.92 Å². The van der Waals surface area contributed by atoms with E-state index in [4.69, 9.17) is 4.74 Å². The maximum absolute atomic E-state index is 5.34. The first kappa shape index (κ1) is 12.0. The summed E-state index contributed by atoms with van der Waals surface area (Å²) >= 11 is 0. The van der Waals surface area contributed by atoms with Gasteiger partial charge in [0, 0.05) is 6.54 Å². The molecule has 2 nitrogen and oxygen atoms in total. The van der Waals surface area contributed by atoms with Gasteiger partial charge in [-0.1, -0.05) is 24.8 Å². The van der Waals surface area contributed by atoms with Crippen LogP contribution in [0.1, 0.15) is 6.92 Å². The first-order valence-corrected chi connectivity index (χ1v) is 4.32. The van der Waals surface area contributed by atoms with E-state index in [2.05, 4.69) is 18.1 Å². The largest absolute Gasteiger partial charge is 0.493 e. The molecule has 0 aromatic carbocycles. The highest BCUT2D eigenvalue weighted by Crippen LogP contribution is 1.98. The molecule has 0 aliphatic carbocycles. The second-order valence-corrected chi connectivity index (χ2v) is 3.30. The lowest BCUT2D eigenvalue weighted by Gasteiger charge is -2.10. The zero-order chi connectivity index (χ0) is 10.3. The van der Waals surface area contributed by atoms with E-state index < -0.39 is 0 Å². The first-order valence-electron chi connectivity index (χ1n) is 4.32. The van der Waals surface area contributed by atoms with Crippen molar-refractivity contribution in [1.82, 2.24) is 4.90 Å². The summed E-state index contributed by atoms with van der Waals surface area (Å²) in [6, 6.07) is 0. The fourth-order valence-electron chi connectivity index (χ4n) is 0.643. The molecule has 0 saturated heterocycles. The Hall–Kier alpha value is -1.02. The molecule has 0 N–H and O–H groups in total. The highest BCUT2D eigenvalue weighted by molar-refractivity contribution is 5.19. The summed E-state index contributed by atoms with van der Waals surface area (Å²) in [4.78, 5) is 2.07.